The van der Waals surface area contributed by atoms with Crippen molar-refractivity contribution in [2.75, 3.05) is 20.3 Å². The third-order valence-electron chi connectivity index (χ3n) is 2.26. The lowest BCUT2D eigenvalue weighted by atomic mass is 10.3. The molecule has 7 heteroatoms. The Hall–Kier alpha value is -1.05. The summed E-state index contributed by atoms with van der Waals surface area (Å²) in [5.74, 6) is 0.304. The van der Waals surface area contributed by atoms with Gasteiger partial charge in [-0.15, -0.1) is 0 Å². The minimum absolute atomic E-state index is 0.106. The maximum Gasteiger partial charge on any atom is 0.244 e. The lowest BCUT2D eigenvalue weighted by Gasteiger charge is -2.11. The maximum atomic E-state index is 12.1. The number of rotatable bonds is 8. The molecule has 1 aromatic carbocycles. The molecule has 106 valence electrons. The highest BCUT2D eigenvalue weighted by atomic mass is 79.9. The Morgan fingerprint density at radius 2 is 2.21 bits per heavy atom. The highest BCUT2D eigenvalue weighted by Gasteiger charge is 2.19. The van der Waals surface area contributed by atoms with E-state index in [1.165, 1.54) is 19.4 Å². The largest absolute Gasteiger partial charge is 0.502 e. The van der Waals surface area contributed by atoms with E-state index < -0.39 is 10.0 Å². The van der Waals surface area contributed by atoms with Gasteiger partial charge < -0.3 is 9.47 Å². The van der Waals surface area contributed by atoms with Crippen LogP contribution in [0.4, 0.5) is 0 Å². The molecule has 5 nitrogen and oxygen atoms in total. The molecule has 0 saturated carbocycles. The monoisotopic (exact) mass is 349 g/mol. The molecule has 0 fully saturated rings. The van der Waals surface area contributed by atoms with Crippen LogP contribution in [0.25, 0.3) is 0 Å². The molecule has 0 aliphatic rings. The number of hydrogen-bond acceptors (Lipinski definition) is 4. The molecule has 0 aliphatic heterocycles. The summed E-state index contributed by atoms with van der Waals surface area (Å²) in [5.41, 5.74) is 0. The summed E-state index contributed by atoms with van der Waals surface area (Å²) in [7, 11) is -2.17. The van der Waals surface area contributed by atoms with E-state index in [0.717, 1.165) is 0 Å². The molecular formula is C12H16BrNO4S. The van der Waals surface area contributed by atoms with Gasteiger partial charge in [0.25, 0.3) is 0 Å². The van der Waals surface area contributed by atoms with Gasteiger partial charge in [-0.05, 0) is 24.6 Å². The fraction of sp³-hybridized carbons (Fsp3) is 0.333. The first kappa shape index (κ1) is 16.0. The molecule has 0 spiro atoms. The molecule has 19 heavy (non-hydrogen) atoms. The minimum atomic E-state index is -3.60. The zero-order chi connectivity index (χ0) is 14.3. The van der Waals surface area contributed by atoms with E-state index in [9.17, 15) is 8.42 Å². The van der Waals surface area contributed by atoms with Gasteiger partial charge in [0.1, 0.15) is 10.6 Å². The van der Waals surface area contributed by atoms with E-state index in [4.69, 9.17) is 9.47 Å². The molecule has 1 N–H and O–H groups in total. The molecular weight excluding hydrogens is 334 g/mol. The van der Waals surface area contributed by atoms with Crippen LogP contribution in [0.1, 0.15) is 6.42 Å². The van der Waals surface area contributed by atoms with E-state index in [1.54, 1.807) is 12.1 Å². The number of benzene rings is 1. The predicted octanol–water partition coefficient (Wildman–Crippen LogP) is 2.29. The van der Waals surface area contributed by atoms with Gasteiger partial charge in [-0.3, -0.25) is 0 Å². The Labute approximate surface area is 121 Å². The fourth-order valence-electron chi connectivity index (χ4n) is 1.38. The molecule has 0 bridgehead atoms. The number of ether oxygens (including phenoxy) is 2. The second-order valence-electron chi connectivity index (χ2n) is 3.58. The van der Waals surface area contributed by atoms with Crippen molar-refractivity contribution in [3.63, 3.8) is 0 Å². The van der Waals surface area contributed by atoms with Crippen molar-refractivity contribution in [2.24, 2.45) is 0 Å². The lowest BCUT2D eigenvalue weighted by Crippen LogP contribution is -2.26. The number of hydrogen-bond donors (Lipinski definition) is 1. The first-order valence-electron chi connectivity index (χ1n) is 5.57. The number of sulfonamides is 1. The number of halogens is 1. The molecule has 0 saturated heterocycles. The van der Waals surface area contributed by atoms with Crippen LogP contribution in [0.15, 0.2) is 40.4 Å². The molecule has 0 aromatic heterocycles. The molecule has 1 aromatic rings. The second kappa shape index (κ2) is 7.52. The van der Waals surface area contributed by atoms with Gasteiger partial charge in [0.05, 0.1) is 20.0 Å². The molecule has 0 heterocycles. The molecule has 0 radical (unpaired) electrons. The molecule has 0 aliphatic carbocycles. The Morgan fingerprint density at radius 1 is 1.47 bits per heavy atom. The number of nitrogens with one attached hydrogen (secondary N) is 1. The van der Waals surface area contributed by atoms with Gasteiger partial charge in [-0.1, -0.05) is 22.5 Å². The number of methoxy groups -OCH3 is 1. The molecule has 0 amide bonds. The zero-order valence-corrected chi connectivity index (χ0v) is 13.0. The van der Waals surface area contributed by atoms with Gasteiger partial charge >= 0.3 is 0 Å². The Kier molecular flexibility index (Phi) is 6.33. The van der Waals surface area contributed by atoms with Gasteiger partial charge in [0.2, 0.25) is 10.0 Å². The standard InChI is InChI=1S/C12H16BrNO4S/c1-3-18-8-4-7-14-19(15,16)12-9-10(13)5-6-11(12)17-2/h3,5-6,9,14H,1,4,7-8H2,2H3. The van der Waals surface area contributed by atoms with Crippen molar-refractivity contribution in [1.29, 1.82) is 0 Å². The average molecular weight is 350 g/mol. The smallest absolute Gasteiger partial charge is 0.244 e. The molecule has 0 atom stereocenters. The van der Waals surface area contributed by atoms with Crippen molar-refractivity contribution in [1.82, 2.24) is 4.72 Å². The van der Waals surface area contributed by atoms with Gasteiger partial charge in [-0.2, -0.15) is 0 Å². The Morgan fingerprint density at radius 3 is 2.84 bits per heavy atom. The summed E-state index contributed by atoms with van der Waals surface area (Å²) in [6, 6.07) is 4.82. The lowest BCUT2D eigenvalue weighted by molar-refractivity contribution is 0.247. The van der Waals surface area contributed by atoms with Gasteiger partial charge in [0.15, 0.2) is 0 Å². The normalized spacial score (nSPS) is 11.1. The molecule has 0 unspecified atom stereocenters. The van der Waals surface area contributed by atoms with E-state index in [1.807, 2.05) is 0 Å². The third-order valence-corrected chi connectivity index (χ3v) is 4.24. The summed E-state index contributed by atoms with van der Waals surface area (Å²) in [5, 5.41) is 0. The van der Waals surface area contributed by atoms with Crippen LogP contribution in [0, 0.1) is 0 Å². The van der Waals surface area contributed by atoms with E-state index >= 15 is 0 Å². The highest BCUT2D eigenvalue weighted by Crippen LogP contribution is 2.26. The average Bonchev–Trinajstić information content (AvgIpc) is 2.38. The second-order valence-corrected chi connectivity index (χ2v) is 6.24. The van der Waals surface area contributed by atoms with Gasteiger partial charge in [0, 0.05) is 11.0 Å². The molecule has 1 rings (SSSR count). The first-order valence-corrected chi connectivity index (χ1v) is 7.84. The van der Waals surface area contributed by atoms with Crippen LogP contribution in [0.2, 0.25) is 0 Å². The fourth-order valence-corrected chi connectivity index (χ4v) is 3.16. The van der Waals surface area contributed by atoms with E-state index in [-0.39, 0.29) is 11.4 Å². The Bertz CT molecular complexity index is 531. The van der Waals surface area contributed by atoms with Crippen LogP contribution in [-0.4, -0.2) is 28.7 Å². The van der Waals surface area contributed by atoms with Crippen LogP contribution >= 0.6 is 15.9 Å². The topological polar surface area (TPSA) is 64.6 Å². The summed E-state index contributed by atoms with van der Waals surface area (Å²) in [4.78, 5) is 0.106. The van der Waals surface area contributed by atoms with Crippen molar-refractivity contribution >= 4 is 26.0 Å². The summed E-state index contributed by atoms with van der Waals surface area (Å²) in [6.07, 6.45) is 1.88. The SMILES string of the molecule is C=COCCCNS(=O)(=O)c1cc(Br)ccc1OC. The zero-order valence-electron chi connectivity index (χ0n) is 10.6. The first-order chi connectivity index (χ1) is 9.01. The Balaban J connectivity index is 2.76. The van der Waals surface area contributed by atoms with Crippen LogP contribution in [0.5, 0.6) is 5.75 Å². The quantitative estimate of drug-likeness (QED) is 0.577. The van der Waals surface area contributed by atoms with Crippen molar-refractivity contribution in [2.45, 2.75) is 11.3 Å². The van der Waals surface area contributed by atoms with Crippen molar-refractivity contribution < 1.29 is 17.9 Å². The van der Waals surface area contributed by atoms with Gasteiger partial charge in [-0.25, -0.2) is 13.1 Å². The summed E-state index contributed by atoms with van der Waals surface area (Å²) < 4.78 is 37.4. The van der Waals surface area contributed by atoms with Crippen LogP contribution in [-0.2, 0) is 14.8 Å². The maximum absolute atomic E-state index is 12.1. The van der Waals surface area contributed by atoms with E-state index in [0.29, 0.717) is 23.2 Å². The predicted molar refractivity (Wildman–Crippen MR) is 76.6 cm³/mol. The van der Waals surface area contributed by atoms with E-state index in [2.05, 4.69) is 27.2 Å². The highest BCUT2D eigenvalue weighted by molar-refractivity contribution is 9.10. The summed E-state index contributed by atoms with van der Waals surface area (Å²) in [6.45, 7) is 4.11. The minimum Gasteiger partial charge on any atom is -0.502 e. The summed E-state index contributed by atoms with van der Waals surface area (Å²) >= 11 is 3.24. The van der Waals surface area contributed by atoms with Crippen LogP contribution in [0.3, 0.4) is 0 Å². The van der Waals surface area contributed by atoms with Crippen LogP contribution < -0.4 is 9.46 Å². The third kappa shape index (κ3) is 4.85. The van der Waals surface area contributed by atoms with Crippen molar-refractivity contribution in [3.05, 3.63) is 35.5 Å². The van der Waals surface area contributed by atoms with Crippen molar-refractivity contribution in [3.8, 4) is 5.75 Å².